The first kappa shape index (κ1) is 27.3. The maximum absolute atomic E-state index is 12.8. The third-order valence-corrected chi connectivity index (χ3v) is 4.06. The van der Waals surface area contributed by atoms with E-state index in [1.54, 1.807) is 44.4 Å². The number of ether oxygens (including phenoxy) is 2. The second-order valence-electron chi connectivity index (χ2n) is 6.43. The number of aryl methyl sites for hydroxylation is 1. The zero-order valence-electron chi connectivity index (χ0n) is 18.2. The molecule has 0 aliphatic rings. The van der Waals surface area contributed by atoms with Gasteiger partial charge in [0.2, 0.25) is 5.91 Å². The van der Waals surface area contributed by atoms with Gasteiger partial charge in [-0.1, -0.05) is 18.2 Å². The van der Waals surface area contributed by atoms with Crippen molar-refractivity contribution in [3.05, 3.63) is 47.7 Å². The standard InChI is InChI=1S/C21H27F2N5O3.HI/c1-4-30-16-7-5-6-15(19(16)31-20(22)23)13-27-21(24-3)25-11-10-18(29)28-17-9-8-14(2)12-26-17;/h5-9,12,20H,4,10-11,13H2,1-3H3,(H2,24,25,27)(H,26,28,29);1H. The topological polar surface area (TPSA) is 96.9 Å². The molecule has 8 nitrogen and oxygen atoms in total. The Morgan fingerprint density at radius 2 is 2.00 bits per heavy atom. The molecular formula is C21H28F2IN5O3. The summed E-state index contributed by atoms with van der Waals surface area (Å²) in [7, 11) is 1.57. The van der Waals surface area contributed by atoms with Crippen LogP contribution >= 0.6 is 24.0 Å². The molecule has 0 saturated heterocycles. The minimum atomic E-state index is -2.97. The third-order valence-electron chi connectivity index (χ3n) is 4.06. The average molecular weight is 563 g/mol. The lowest BCUT2D eigenvalue weighted by Gasteiger charge is -2.17. The van der Waals surface area contributed by atoms with Crippen LogP contribution in [0.3, 0.4) is 0 Å². The maximum atomic E-state index is 12.8. The van der Waals surface area contributed by atoms with E-state index in [0.29, 0.717) is 30.5 Å². The van der Waals surface area contributed by atoms with Gasteiger partial charge in [-0.05, 0) is 31.5 Å². The van der Waals surface area contributed by atoms with Crippen LogP contribution in [0.4, 0.5) is 14.6 Å². The minimum absolute atomic E-state index is 0. The van der Waals surface area contributed by atoms with Crippen LogP contribution in [0.15, 0.2) is 41.5 Å². The molecule has 0 bridgehead atoms. The number of anilines is 1. The molecule has 1 aromatic carbocycles. The number of guanidine groups is 1. The number of hydrogen-bond donors (Lipinski definition) is 3. The quantitative estimate of drug-likeness (QED) is 0.232. The van der Waals surface area contributed by atoms with Crippen LogP contribution in [0.2, 0.25) is 0 Å². The molecule has 32 heavy (non-hydrogen) atoms. The van der Waals surface area contributed by atoms with E-state index in [0.717, 1.165) is 5.56 Å². The number of amides is 1. The summed E-state index contributed by atoms with van der Waals surface area (Å²) in [5.41, 5.74) is 1.49. The van der Waals surface area contributed by atoms with E-state index in [4.69, 9.17) is 4.74 Å². The molecule has 1 heterocycles. The Balaban J connectivity index is 0.00000512. The van der Waals surface area contributed by atoms with Gasteiger partial charge in [-0.3, -0.25) is 9.79 Å². The molecule has 176 valence electrons. The lowest BCUT2D eigenvalue weighted by atomic mass is 10.2. The highest BCUT2D eigenvalue weighted by molar-refractivity contribution is 14.0. The smallest absolute Gasteiger partial charge is 0.387 e. The number of aromatic nitrogens is 1. The van der Waals surface area contributed by atoms with Crippen molar-refractivity contribution in [1.29, 1.82) is 0 Å². The Kier molecular flexibility index (Phi) is 12.3. The van der Waals surface area contributed by atoms with Crippen molar-refractivity contribution in [2.24, 2.45) is 4.99 Å². The second-order valence-corrected chi connectivity index (χ2v) is 6.43. The Bertz CT molecular complexity index is 882. The van der Waals surface area contributed by atoms with Gasteiger partial charge < -0.3 is 25.4 Å². The number of aliphatic imine (C=N–C) groups is 1. The number of benzene rings is 1. The van der Waals surface area contributed by atoms with Gasteiger partial charge in [0.25, 0.3) is 0 Å². The predicted molar refractivity (Wildman–Crippen MR) is 130 cm³/mol. The highest BCUT2D eigenvalue weighted by atomic mass is 127. The molecule has 1 aromatic heterocycles. The molecule has 0 radical (unpaired) electrons. The van der Waals surface area contributed by atoms with E-state index in [-0.39, 0.29) is 54.3 Å². The number of rotatable bonds is 10. The van der Waals surface area contributed by atoms with Gasteiger partial charge in [-0.2, -0.15) is 8.78 Å². The number of hydrogen-bond acceptors (Lipinski definition) is 5. The molecule has 0 fully saturated rings. The molecule has 0 unspecified atom stereocenters. The second kappa shape index (κ2) is 14.4. The van der Waals surface area contributed by atoms with Crippen molar-refractivity contribution in [1.82, 2.24) is 15.6 Å². The van der Waals surface area contributed by atoms with Gasteiger partial charge in [0.15, 0.2) is 17.5 Å². The largest absolute Gasteiger partial charge is 0.490 e. The first-order chi connectivity index (χ1) is 14.9. The Hall–Kier alpha value is -2.70. The first-order valence-electron chi connectivity index (χ1n) is 9.79. The number of pyridine rings is 1. The zero-order valence-corrected chi connectivity index (χ0v) is 20.5. The minimum Gasteiger partial charge on any atom is -0.490 e. The van der Waals surface area contributed by atoms with E-state index >= 15 is 0 Å². The molecule has 1 amide bonds. The van der Waals surface area contributed by atoms with Crippen LogP contribution in [-0.2, 0) is 11.3 Å². The van der Waals surface area contributed by atoms with Crippen LogP contribution in [0.5, 0.6) is 11.5 Å². The van der Waals surface area contributed by atoms with Gasteiger partial charge in [-0.15, -0.1) is 24.0 Å². The highest BCUT2D eigenvalue weighted by Gasteiger charge is 2.16. The molecule has 0 saturated carbocycles. The molecule has 2 aromatic rings. The van der Waals surface area contributed by atoms with Crippen LogP contribution in [0.25, 0.3) is 0 Å². The van der Waals surface area contributed by atoms with E-state index in [1.807, 2.05) is 13.0 Å². The van der Waals surface area contributed by atoms with Gasteiger partial charge in [0, 0.05) is 38.3 Å². The summed E-state index contributed by atoms with van der Waals surface area (Å²) in [5, 5.41) is 8.73. The molecule has 11 heteroatoms. The summed E-state index contributed by atoms with van der Waals surface area (Å²) in [4.78, 5) is 20.2. The predicted octanol–water partition coefficient (Wildman–Crippen LogP) is 3.70. The van der Waals surface area contributed by atoms with Crippen molar-refractivity contribution in [2.45, 2.75) is 33.4 Å². The summed E-state index contributed by atoms with van der Waals surface area (Å²) >= 11 is 0. The molecule has 0 spiro atoms. The van der Waals surface area contributed by atoms with Crippen LogP contribution in [0.1, 0.15) is 24.5 Å². The van der Waals surface area contributed by atoms with E-state index in [1.165, 1.54) is 0 Å². The van der Waals surface area contributed by atoms with Gasteiger partial charge in [0.05, 0.1) is 6.61 Å². The normalized spacial score (nSPS) is 10.9. The van der Waals surface area contributed by atoms with Gasteiger partial charge in [0.1, 0.15) is 5.82 Å². The summed E-state index contributed by atoms with van der Waals surface area (Å²) in [6.07, 6.45) is 1.86. The Morgan fingerprint density at radius 1 is 1.22 bits per heavy atom. The summed E-state index contributed by atoms with van der Waals surface area (Å²) in [6, 6.07) is 8.51. The summed E-state index contributed by atoms with van der Waals surface area (Å²) < 4.78 is 35.7. The fourth-order valence-corrected chi connectivity index (χ4v) is 2.63. The van der Waals surface area contributed by atoms with Crippen molar-refractivity contribution < 1.29 is 23.0 Å². The molecule has 0 aliphatic heterocycles. The number of nitrogens with zero attached hydrogens (tertiary/aromatic N) is 2. The fourth-order valence-electron chi connectivity index (χ4n) is 2.63. The lowest BCUT2D eigenvalue weighted by molar-refractivity contribution is -0.116. The number of halogens is 3. The third kappa shape index (κ3) is 9.20. The van der Waals surface area contributed by atoms with Crippen molar-refractivity contribution >= 4 is 41.7 Å². The maximum Gasteiger partial charge on any atom is 0.387 e. The zero-order chi connectivity index (χ0) is 22.6. The number of nitrogens with one attached hydrogen (secondary N) is 3. The van der Waals surface area contributed by atoms with Crippen molar-refractivity contribution in [3.63, 3.8) is 0 Å². The molecular weight excluding hydrogens is 535 g/mol. The Labute approximate surface area is 203 Å². The van der Waals surface area contributed by atoms with Gasteiger partial charge >= 0.3 is 6.61 Å². The number of alkyl halides is 2. The molecule has 0 aliphatic carbocycles. The summed E-state index contributed by atoms with van der Waals surface area (Å²) in [6.45, 7) is 1.50. The van der Waals surface area contributed by atoms with Crippen LogP contribution in [-0.4, -0.2) is 43.7 Å². The molecule has 3 N–H and O–H groups in total. The fraction of sp³-hybridized carbons (Fsp3) is 0.381. The van der Waals surface area contributed by atoms with E-state index in [9.17, 15) is 13.6 Å². The highest BCUT2D eigenvalue weighted by Crippen LogP contribution is 2.32. The number of carbonyl (C=O) groups is 1. The Morgan fingerprint density at radius 3 is 2.62 bits per heavy atom. The first-order valence-corrected chi connectivity index (χ1v) is 9.79. The molecule has 2 rings (SSSR count). The average Bonchev–Trinajstić information content (AvgIpc) is 2.74. The summed E-state index contributed by atoms with van der Waals surface area (Å²) in [5.74, 6) is 0.917. The van der Waals surface area contributed by atoms with E-state index < -0.39 is 6.61 Å². The van der Waals surface area contributed by atoms with E-state index in [2.05, 4.69) is 30.7 Å². The van der Waals surface area contributed by atoms with Crippen LogP contribution in [0, 0.1) is 6.92 Å². The SMILES string of the molecule is CCOc1cccc(CNC(=NC)NCCC(=O)Nc2ccc(C)cn2)c1OC(F)F.I. The number of para-hydroxylation sites is 1. The van der Waals surface area contributed by atoms with Crippen LogP contribution < -0.4 is 25.4 Å². The van der Waals surface area contributed by atoms with Crippen molar-refractivity contribution in [2.75, 3.05) is 25.5 Å². The number of carbonyl (C=O) groups excluding carboxylic acids is 1. The van der Waals surface area contributed by atoms with Crippen molar-refractivity contribution in [3.8, 4) is 11.5 Å². The monoisotopic (exact) mass is 563 g/mol. The molecule has 0 atom stereocenters. The van der Waals surface area contributed by atoms with Gasteiger partial charge in [-0.25, -0.2) is 4.98 Å². The lowest BCUT2D eigenvalue weighted by Crippen LogP contribution is -2.38.